The molecule has 0 bridgehead atoms. The van der Waals surface area contributed by atoms with E-state index in [1.54, 1.807) is 0 Å². The molecular weight excluding hydrogens is 160 g/mol. The van der Waals surface area contributed by atoms with Crippen molar-refractivity contribution in [2.24, 2.45) is 0 Å². The lowest BCUT2D eigenvalue weighted by molar-refractivity contribution is 0.702. The largest absolute Gasteiger partial charge is 0.361 e. The average molecular weight is 176 g/mol. The molecule has 0 fully saturated rings. The summed E-state index contributed by atoms with van der Waals surface area (Å²) in [5, 5.41) is 4.86. The summed E-state index contributed by atoms with van der Waals surface area (Å²) in [5.74, 6) is 0. The summed E-state index contributed by atoms with van der Waals surface area (Å²) < 4.78 is 0. The highest BCUT2D eigenvalue weighted by molar-refractivity contribution is 5.86. The fraction of sp³-hybridized carbons (Fsp3) is 0.273. The van der Waals surface area contributed by atoms with Gasteiger partial charge in [0.15, 0.2) is 0 Å². The Bertz CT molecular complexity index is 451. The first-order chi connectivity index (χ1) is 6.45. The molecule has 0 saturated carbocycles. The zero-order valence-corrected chi connectivity index (χ0v) is 7.43. The van der Waals surface area contributed by atoms with E-state index in [4.69, 9.17) is 0 Å². The van der Waals surface area contributed by atoms with Gasteiger partial charge in [0.25, 0.3) is 0 Å². The van der Waals surface area contributed by atoms with Crippen molar-refractivity contribution in [2.75, 3.05) is 6.54 Å². The van der Waals surface area contributed by atoms with E-state index in [1.807, 2.05) is 0 Å². The number of hydrogen-bond acceptors (Lipinski definition) is 1. The normalized spacial score (nSPS) is 16.0. The first kappa shape index (κ1) is 7.15. The summed E-state index contributed by atoms with van der Waals surface area (Å²) in [6, 6.07) is 6.47. The quantitative estimate of drug-likeness (QED) is 0.633. The Morgan fingerprint density at radius 3 is 3.23 bits per heavy atom. The molecule has 0 unspecified atom stereocenters. The Balaban J connectivity index is 0.000000562. The van der Waals surface area contributed by atoms with Crippen LogP contribution in [0, 0.1) is 0 Å². The van der Waals surface area contributed by atoms with Crippen LogP contribution in [0.25, 0.3) is 10.9 Å². The van der Waals surface area contributed by atoms with Crippen molar-refractivity contribution < 1.29 is 2.85 Å². The monoisotopic (exact) mass is 176 g/mol. The van der Waals surface area contributed by atoms with Crippen LogP contribution >= 0.6 is 0 Å². The first-order valence-corrected chi connectivity index (χ1v) is 4.74. The van der Waals surface area contributed by atoms with Gasteiger partial charge in [-0.05, 0) is 30.2 Å². The predicted molar refractivity (Wildman–Crippen MR) is 57.9 cm³/mol. The van der Waals surface area contributed by atoms with Gasteiger partial charge in [-0.15, -0.1) is 0 Å². The number of hydrogen-bond donors (Lipinski definition) is 2. The summed E-state index contributed by atoms with van der Waals surface area (Å²) in [7, 11) is 0. The van der Waals surface area contributed by atoms with Crippen molar-refractivity contribution in [2.45, 2.75) is 13.0 Å². The fourth-order valence-corrected chi connectivity index (χ4v) is 2.13. The van der Waals surface area contributed by atoms with Crippen LogP contribution in [0.2, 0.25) is 0 Å². The molecule has 70 valence electrons. The van der Waals surface area contributed by atoms with Crippen molar-refractivity contribution in [3.63, 3.8) is 0 Å². The smallest absolute Gasteiger partial charge is 0.0460 e. The molecule has 1 aliphatic rings. The van der Waals surface area contributed by atoms with E-state index in [0.717, 1.165) is 19.5 Å². The van der Waals surface area contributed by atoms with Crippen LogP contribution in [-0.2, 0) is 13.0 Å². The number of H-pyrrole nitrogens is 1. The van der Waals surface area contributed by atoms with Crippen LogP contribution < -0.4 is 5.32 Å². The lowest BCUT2D eigenvalue weighted by atomic mass is 10.1. The third-order valence-corrected chi connectivity index (χ3v) is 2.76. The van der Waals surface area contributed by atoms with Crippen LogP contribution in [0.1, 0.15) is 14.0 Å². The van der Waals surface area contributed by atoms with E-state index in [1.165, 1.54) is 22.0 Å². The number of aromatic amines is 1. The van der Waals surface area contributed by atoms with E-state index in [-0.39, 0.29) is 2.85 Å². The second kappa shape index (κ2) is 2.60. The third kappa shape index (κ3) is 0.988. The van der Waals surface area contributed by atoms with E-state index >= 15 is 0 Å². The minimum absolute atomic E-state index is 0. The molecule has 13 heavy (non-hydrogen) atoms. The van der Waals surface area contributed by atoms with Crippen LogP contribution in [0.4, 0.5) is 0 Å². The van der Waals surface area contributed by atoms with Crippen LogP contribution in [0.15, 0.2) is 24.4 Å². The highest BCUT2D eigenvalue weighted by Crippen LogP contribution is 2.24. The topological polar surface area (TPSA) is 27.8 Å². The Hall–Kier alpha value is -1.28. The van der Waals surface area contributed by atoms with Gasteiger partial charge in [-0.1, -0.05) is 12.1 Å². The molecule has 0 aliphatic carbocycles. The van der Waals surface area contributed by atoms with Crippen molar-refractivity contribution in [3.8, 4) is 0 Å². The molecule has 2 heterocycles. The first-order valence-electron chi connectivity index (χ1n) is 4.74. The van der Waals surface area contributed by atoms with E-state index in [0.29, 0.717) is 0 Å². The van der Waals surface area contributed by atoms with Crippen LogP contribution in [-0.4, -0.2) is 11.5 Å². The minimum Gasteiger partial charge on any atom is -0.361 e. The highest BCUT2D eigenvalue weighted by Gasteiger charge is 2.10. The molecule has 2 heteroatoms. The predicted octanol–water partition coefficient (Wildman–Crippen LogP) is 2.31. The summed E-state index contributed by atoms with van der Waals surface area (Å²) >= 11 is 0. The van der Waals surface area contributed by atoms with Gasteiger partial charge in [0.1, 0.15) is 0 Å². The minimum atomic E-state index is 0. The summed E-state index contributed by atoms with van der Waals surface area (Å²) in [4.78, 5) is 3.32. The number of nitrogens with one attached hydrogen (secondary N) is 2. The van der Waals surface area contributed by atoms with Gasteiger partial charge in [-0.25, -0.2) is 0 Å². The highest BCUT2D eigenvalue weighted by atomic mass is 14.9. The molecule has 0 saturated heterocycles. The van der Waals surface area contributed by atoms with E-state index in [9.17, 15) is 0 Å². The van der Waals surface area contributed by atoms with Gasteiger partial charge in [-0.2, -0.15) is 0 Å². The van der Waals surface area contributed by atoms with Crippen molar-refractivity contribution in [1.82, 2.24) is 10.3 Å². The van der Waals surface area contributed by atoms with Gasteiger partial charge in [0.05, 0.1) is 0 Å². The molecule has 0 amide bonds. The molecule has 0 spiro atoms. The zero-order valence-electron chi connectivity index (χ0n) is 7.43. The third-order valence-electron chi connectivity index (χ3n) is 2.76. The molecule has 1 aromatic heterocycles. The van der Waals surface area contributed by atoms with Crippen molar-refractivity contribution in [1.29, 1.82) is 0 Å². The molecular formula is C11H16N2. The number of rotatable bonds is 0. The van der Waals surface area contributed by atoms with Crippen molar-refractivity contribution >= 4 is 10.9 Å². The standard InChI is InChI=1S/C11H12N2.2H2/c1-2-8-6-12-5-4-9-7-13-10(3-1)11(8)9;;/h1-3,7,12-13H,4-6H2;2*1H. The molecule has 0 radical (unpaired) electrons. The Morgan fingerprint density at radius 2 is 2.23 bits per heavy atom. The fourth-order valence-electron chi connectivity index (χ4n) is 2.13. The molecule has 2 N–H and O–H groups in total. The Morgan fingerprint density at radius 1 is 1.23 bits per heavy atom. The van der Waals surface area contributed by atoms with Crippen LogP contribution in [0.3, 0.4) is 0 Å². The summed E-state index contributed by atoms with van der Waals surface area (Å²) in [5.41, 5.74) is 4.15. The van der Waals surface area contributed by atoms with Crippen LogP contribution in [0.5, 0.6) is 0 Å². The summed E-state index contributed by atoms with van der Waals surface area (Å²) in [6.07, 6.45) is 3.28. The number of benzene rings is 1. The van der Waals surface area contributed by atoms with Gasteiger partial charge < -0.3 is 10.3 Å². The zero-order chi connectivity index (χ0) is 8.67. The van der Waals surface area contributed by atoms with Gasteiger partial charge in [-0.3, -0.25) is 0 Å². The number of aromatic nitrogens is 1. The average Bonchev–Trinajstić information content (AvgIpc) is 2.44. The van der Waals surface area contributed by atoms with E-state index in [2.05, 4.69) is 34.7 Å². The summed E-state index contributed by atoms with van der Waals surface area (Å²) in [6.45, 7) is 2.09. The van der Waals surface area contributed by atoms with Crippen molar-refractivity contribution in [3.05, 3.63) is 35.5 Å². The SMILES string of the molecule is [HH].[HH].c1cc2c3c(c[nH]c3c1)CCNC2. The molecule has 2 nitrogen and oxygen atoms in total. The molecule has 0 atom stereocenters. The lowest BCUT2D eigenvalue weighted by Gasteiger charge is -2.00. The Kier molecular flexibility index (Phi) is 1.43. The second-order valence-electron chi connectivity index (χ2n) is 3.58. The Labute approximate surface area is 79.9 Å². The molecule has 3 rings (SSSR count). The van der Waals surface area contributed by atoms with Gasteiger partial charge in [0.2, 0.25) is 0 Å². The lowest BCUT2D eigenvalue weighted by Crippen LogP contribution is -2.13. The maximum Gasteiger partial charge on any atom is 0.0460 e. The maximum atomic E-state index is 3.43. The van der Waals surface area contributed by atoms with Gasteiger partial charge >= 0.3 is 0 Å². The molecule has 2 aromatic rings. The van der Waals surface area contributed by atoms with Gasteiger partial charge in [0, 0.05) is 26.5 Å². The molecule has 1 aliphatic heterocycles. The second-order valence-corrected chi connectivity index (χ2v) is 3.58. The molecule has 1 aromatic carbocycles. The van der Waals surface area contributed by atoms with E-state index < -0.39 is 0 Å². The maximum absolute atomic E-state index is 3.43.